The number of nitrogens with one attached hydrogen (secondary N) is 1. The Labute approximate surface area is 282 Å². The summed E-state index contributed by atoms with van der Waals surface area (Å²) in [5, 5.41) is 3.79. The van der Waals surface area contributed by atoms with Gasteiger partial charge >= 0.3 is 6.03 Å². The van der Waals surface area contributed by atoms with Gasteiger partial charge in [0.25, 0.3) is 0 Å². The number of piperidine rings is 1. The van der Waals surface area contributed by atoms with E-state index in [1.54, 1.807) is 16.1 Å². The summed E-state index contributed by atoms with van der Waals surface area (Å²) in [6, 6.07) is 6.90. The van der Waals surface area contributed by atoms with Crippen molar-refractivity contribution < 1.29 is 14.4 Å². The summed E-state index contributed by atoms with van der Waals surface area (Å²) in [5.74, 6) is -0.0623. The molecule has 0 radical (unpaired) electrons. The molecule has 11 nitrogen and oxygen atoms in total. The number of fused-ring (bicyclic) bond motifs is 2. The predicted molar refractivity (Wildman–Crippen MR) is 178 cm³/mol. The van der Waals surface area contributed by atoms with E-state index in [9.17, 15) is 14.4 Å². The third kappa shape index (κ3) is 7.24. The zero-order valence-corrected chi connectivity index (χ0v) is 28.3. The molecule has 6 rings (SSSR count). The van der Waals surface area contributed by atoms with E-state index in [4.69, 9.17) is 22.3 Å². The molecule has 0 saturated carbocycles. The molecule has 2 aliphatic heterocycles. The number of aromatic nitrogens is 3. The molecular weight excluding hydrogens is 672 g/mol. The Balaban J connectivity index is 1.25. The lowest BCUT2D eigenvalue weighted by Gasteiger charge is -2.44. The van der Waals surface area contributed by atoms with Crippen LogP contribution in [0.25, 0.3) is 0 Å². The maximum atomic E-state index is 13.9. The molecule has 1 aromatic carbocycles. The van der Waals surface area contributed by atoms with Gasteiger partial charge in [-0.05, 0) is 89.3 Å². The molecule has 2 saturated heterocycles. The molecule has 0 spiro atoms. The third-order valence-corrected chi connectivity index (χ3v) is 10.2. The lowest BCUT2D eigenvalue weighted by molar-refractivity contribution is -0.145. The van der Waals surface area contributed by atoms with Crippen molar-refractivity contribution in [2.45, 2.75) is 57.7 Å². The number of urea groups is 1. The molecule has 3 N–H and O–H groups in total. The number of imidazole rings is 1. The average molecular weight is 712 g/mol. The summed E-state index contributed by atoms with van der Waals surface area (Å²) in [6.07, 6.45) is 8.96. The molecule has 2 aromatic heterocycles. The molecular formula is C33H40BrClN8O3. The van der Waals surface area contributed by atoms with Gasteiger partial charge in [0.15, 0.2) is 0 Å². The Bertz CT molecular complexity index is 1550. The van der Waals surface area contributed by atoms with Gasteiger partial charge in [0, 0.05) is 74.1 Å². The van der Waals surface area contributed by atoms with Gasteiger partial charge in [-0.1, -0.05) is 17.7 Å². The van der Waals surface area contributed by atoms with Crippen molar-refractivity contribution in [2.75, 3.05) is 39.3 Å². The maximum Gasteiger partial charge on any atom is 0.314 e. The quantitative estimate of drug-likeness (QED) is 0.385. The van der Waals surface area contributed by atoms with Crippen LogP contribution in [0.4, 0.5) is 4.79 Å². The number of pyridine rings is 1. The second kappa shape index (κ2) is 14.1. The number of likely N-dealkylation sites (tertiary alicyclic amines) is 1. The van der Waals surface area contributed by atoms with Crippen LogP contribution in [0.15, 0.2) is 47.5 Å². The van der Waals surface area contributed by atoms with Gasteiger partial charge < -0.3 is 25.4 Å². The van der Waals surface area contributed by atoms with Gasteiger partial charge in [0.1, 0.15) is 6.04 Å². The van der Waals surface area contributed by atoms with Gasteiger partial charge in [0.2, 0.25) is 11.8 Å². The van der Waals surface area contributed by atoms with E-state index in [0.717, 1.165) is 52.7 Å². The van der Waals surface area contributed by atoms with Gasteiger partial charge in [-0.25, -0.2) is 9.78 Å². The Morgan fingerprint density at radius 1 is 1.07 bits per heavy atom. The second-order valence-corrected chi connectivity index (χ2v) is 13.9. The summed E-state index contributed by atoms with van der Waals surface area (Å²) in [5.41, 5.74) is 10.8. The number of halogens is 2. The molecule has 46 heavy (non-hydrogen) atoms. The van der Waals surface area contributed by atoms with Crippen LogP contribution in [-0.2, 0) is 29.0 Å². The molecule has 13 heteroatoms. The monoisotopic (exact) mass is 710 g/mol. The van der Waals surface area contributed by atoms with Crippen molar-refractivity contribution in [2.24, 2.45) is 11.7 Å². The second-order valence-electron chi connectivity index (χ2n) is 12.6. The minimum absolute atomic E-state index is 0.0296. The number of amides is 4. The van der Waals surface area contributed by atoms with Crippen molar-refractivity contribution in [3.63, 3.8) is 0 Å². The van der Waals surface area contributed by atoms with Crippen molar-refractivity contribution in [3.8, 4) is 0 Å². The van der Waals surface area contributed by atoms with Crippen molar-refractivity contribution in [1.29, 1.82) is 0 Å². The standard InChI is InChI=1S/C33H40BrClN8O3/c1-21-18-40(20-39-21)11-8-37-32(45)28-19-42(12-13-43(28)29(44)14-22-6-9-41(10-7-22)33(36)46)31-27-5-4-26(35)16-23(27)2-3-24-15-25(34)17-38-30(24)31/h4-5,15-18,20,22,28,31H,2-3,6-14,19H2,1H3,(H2,36,46)(H,37,45)/t28-,31?/m1/s1. The zero-order chi connectivity index (χ0) is 32.4. The summed E-state index contributed by atoms with van der Waals surface area (Å²) < 4.78 is 2.87. The van der Waals surface area contributed by atoms with Crippen LogP contribution in [0.1, 0.15) is 53.4 Å². The van der Waals surface area contributed by atoms with Gasteiger partial charge in [-0.15, -0.1) is 0 Å². The Hall–Kier alpha value is -3.48. The minimum atomic E-state index is -0.672. The zero-order valence-electron chi connectivity index (χ0n) is 26.0. The highest BCUT2D eigenvalue weighted by Gasteiger charge is 2.41. The van der Waals surface area contributed by atoms with Crippen LogP contribution in [0, 0.1) is 12.8 Å². The number of nitrogens with two attached hydrogens (primary N) is 1. The van der Waals surface area contributed by atoms with Gasteiger partial charge in [-0.2, -0.15) is 0 Å². The van der Waals surface area contributed by atoms with E-state index in [0.29, 0.717) is 57.3 Å². The molecule has 2 atom stereocenters. The smallest absolute Gasteiger partial charge is 0.314 e. The van der Waals surface area contributed by atoms with E-state index in [2.05, 4.69) is 43.3 Å². The topological polar surface area (TPSA) is 130 Å². The van der Waals surface area contributed by atoms with Gasteiger partial charge in [-0.3, -0.25) is 19.5 Å². The van der Waals surface area contributed by atoms with Gasteiger partial charge in [0.05, 0.1) is 23.8 Å². The van der Waals surface area contributed by atoms with Crippen LogP contribution in [0.5, 0.6) is 0 Å². The highest BCUT2D eigenvalue weighted by Crippen LogP contribution is 2.38. The number of nitrogens with zero attached hydrogens (tertiary/aromatic N) is 6. The first-order valence-electron chi connectivity index (χ1n) is 15.9. The number of carbonyl (C=O) groups is 3. The average Bonchev–Trinajstić information content (AvgIpc) is 3.39. The van der Waals surface area contributed by atoms with E-state index >= 15 is 0 Å². The summed E-state index contributed by atoms with van der Waals surface area (Å²) in [4.78, 5) is 54.3. The number of primary amides is 1. The number of rotatable bonds is 7. The minimum Gasteiger partial charge on any atom is -0.352 e. The van der Waals surface area contributed by atoms with Crippen LogP contribution >= 0.6 is 27.5 Å². The number of carbonyl (C=O) groups excluding carboxylic acids is 3. The van der Waals surface area contributed by atoms with E-state index in [-0.39, 0.29) is 23.8 Å². The highest BCUT2D eigenvalue weighted by molar-refractivity contribution is 9.10. The fourth-order valence-electron chi connectivity index (χ4n) is 7.09. The molecule has 1 unspecified atom stereocenters. The largest absolute Gasteiger partial charge is 0.352 e. The van der Waals surface area contributed by atoms with E-state index in [1.807, 2.05) is 36.0 Å². The molecule has 2 fully saturated rings. The number of benzene rings is 1. The van der Waals surface area contributed by atoms with Crippen molar-refractivity contribution in [1.82, 2.24) is 34.6 Å². The fourth-order valence-corrected chi connectivity index (χ4v) is 7.66. The van der Waals surface area contributed by atoms with E-state index in [1.165, 1.54) is 5.56 Å². The molecule has 3 aromatic rings. The first kappa shape index (κ1) is 32.5. The molecule has 0 bridgehead atoms. The first-order valence-corrected chi connectivity index (χ1v) is 17.1. The summed E-state index contributed by atoms with van der Waals surface area (Å²) in [7, 11) is 0. The third-order valence-electron chi connectivity index (χ3n) is 9.51. The van der Waals surface area contributed by atoms with Crippen molar-refractivity contribution in [3.05, 3.63) is 80.6 Å². The number of hydrogen-bond donors (Lipinski definition) is 2. The van der Waals surface area contributed by atoms with Crippen molar-refractivity contribution >= 4 is 45.4 Å². The SMILES string of the molecule is Cc1cn(CCNC(=O)[C@H]2CN(C3c4ccc(Cl)cc4CCc4cc(Br)cnc43)CCN2C(=O)CC2CCN(C(N)=O)CC2)cn1. The van der Waals surface area contributed by atoms with Crippen LogP contribution in [0.3, 0.4) is 0 Å². The number of piperazine rings is 1. The fraction of sp³-hybridized carbons (Fsp3) is 0.485. The molecule has 3 aliphatic rings. The molecule has 244 valence electrons. The normalized spacial score (nSPS) is 20.5. The molecule has 4 heterocycles. The summed E-state index contributed by atoms with van der Waals surface area (Å²) >= 11 is 10.0. The van der Waals surface area contributed by atoms with Crippen LogP contribution in [0.2, 0.25) is 5.02 Å². The number of aryl methyl sites for hydroxylation is 3. The van der Waals surface area contributed by atoms with Crippen LogP contribution < -0.4 is 11.1 Å². The molecule has 1 aliphatic carbocycles. The van der Waals surface area contributed by atoms with E-state index < -0.39 is 12.1 Å². The van der Waals surface area contributed by atoms with Crippen LogP contribution in [-0.4, -0.2) is 92.4 Å². The highest BCUT2D eigenvalue weighted by atomic mass is 79.9. The summed E-state index contributed by atoms with van der Waals surface area (Å²) in [6.45, 7) is 5.40. The lowest BCUT2D eigenvalue weighted by Crippen LogP contribution is -2.61. The Morgan fingerprint density at radius 3 is 2.59 bits per heavy atom. The Kier molecular flexibility index (Phi) is 9.95. The first-order chi connectivity index (χ1) is 22.2. The lowest BCUT2D eigenvalue weighted by atomic mass is 9.92. The Morgan fingerprint density at radius 2 is 1.85 bits per heavy atom. The number of hydrogen-bond acceptors (Lipinski definition) is 6. The maximum absolute atomic E-state index is 13.9. The predicted octanol–water partition coefficient (Wildman–Crippen LogP) is 3.70. The molecule has 4 amide bonds.